The van der Waals surface area contributed by atoms with Gasteiger partial charge in [-0.15, -0.1) is 11.3 Å². The topological polar surface area (TPSA) is 8.17 Å². The maximum absolute atomic E-state index is 2.41. The number of fused-ring (bicyclic) bond motifs is 7. The van der Waals surface area contributed by atoms with E-state index < -0.39 is 0 Å². The van der Waals surface area contributed by atoms with E-state index in [0.29, 0.717) is 0 Å². The predicted molar refractivity (Wildman–Crippen MR) is 237 cm³/mol. The standard InChI is InChI=1S/C52H34N2S/c1-2-12-38-33-42(31-23-35(38)11-1)53(40-27-21-36(22-28-40)39-26-32-47-46-16-6-10-20-51(46)55-52(47)34-39)41-29-24-37(25-30-41)43-13-3-7-17-48(43)54-49-18-8-4-14-44(49)45-15-5-9-19-50(45)54/h1-34H. The molecule has 0 spiro atoms. The molecule has 3 heteroatoms. The number of rotatable bonds is 6. The highest BCUT2D eigenvalue weighted by atomic mass is 32.1. The fourth-order valence-electron chi connectivity index (χ4n) is 8.36. The van der Waals surface area contributed by atoms with Gasteiger partial charge in [-0.2, -0.15) is 0 Å². The van der Waals surface area contributed by atoms with Gasteiger partial charge in [-0.1, -0.05) is 140 Å². The number of hydrogen-bond acceptors (Lipinski definition) is 2. The number of benzene rings is 9. The molecular formula is C52H34N2S. The molecular weight excluding hydrogens is 685 g/mol. The Morgan fingerprint density at radius 1 is 0.345 bits per heavy atom. The van der Waals surface area contributed by atoms with Gasteiger partial charge in [0, 0.05) is 53.6 Å². The van der Waals surface area contributed by atoms with Crippen molar-refractivity contribution in [3.8, 4) is 27.9 Å². The maximum atomic E-state index is 2.41. The molecule has 11 rings (SSSR count). The van der Waals surface area contributed by atoms with Gasteiger partial charge in [0.2, 0.25) is 0 Å². The third-order valence-electron chi connectivity index (χ3n) is 11.0. The van der Waals surface area contributed by atoms with Gasteiger partial charge in [-0.25, -0.2) is 0 Å². The SMILES string of the molecule is c1ccc(-n2c3ccccc3c3ccccc32)c(-c2ccc(N(c3ccc(-c4ccc5c(c4)sc4ccccc45)cc3)c3ccc4ccccc4c3)cc2)c1. The lowest BCUT2D eigenvalue weighted by Crippen LogP contribution is -2.10. The molecule has 0 saturated heterocycles. The van der Waals surface area contributed by atoms with Crippen molar-refractivity contribution in [2.24, 2.45) is 0 Å². The van der Waals surface area contributed by atoms with Gasteiger partial charge in [0.15, 0.2) is 0 Å². The second-order valence-electron chi connectivity index (χ2n) is 14.2. The minimum Gasteiger partial charge on any atom is -0.310 e. The number of hydrogen-bond donors (Lipinski definition) is 0. The quantitative estimate of drug-likeness (QED) is 0.166. The fourth-order valence-corrected chi connectivity index (χ4v) is 9.50. The number of nitrogens with zero attached hydrogens (tertiary/aromatic N) is 2. The first kappa shape index (κ1) is 31.6. The Bertz CT molecular complexity index is 3150. The highest BCUT2D eigenvalue weighted by molar-refractivity contribution is 7.25. The molecule has 2 nitrogen and oxygen atoms in total. The summed E-state index contributed by atoms with van der Waals surface area (Å²) in [5, 5.41) is 7.63. The lowest BCUT2D eigenvalue weighted by molar-refractivity contribution is 1.18. The Morgan fingerprint density at radius 2 is 0.891 bits per heavy atom. The lowest BCUT2D eigenvalue weighted by Gasteiger charge is -2.26. The molecule has 258 valence electrons. The molecule has 0 amide bonds. The first-order chi connectivity index (χ1) is 27.3. The van der Waals surface area contributed by atoms with Crippen molar-refractivity contribution < 1.29 is 0 Å². The zero-order valence-electron chi connectivity index (χ0n) is 29.9. The first-order valence-corrected chi connectivity index (χ1v) is 19.6. The largest absolute Gasteiger partial charge is 0.310 e. The third-order valence-corrected chi connectivity index (χ3v) is 12.1. The van der Waals surface area contributed by atoms with E-state index in [4.69, 9.17) is 0 Å². The molecule has 0 aliphatic rings. The Kier molecular flexibility index (Phi) is 7.39. The second kappa shape index (κ2) is 12.9. The summed E-state index contributed by atoms with van der Waals surface area (Å²) in [6, 6.07) is 75.2. The van der Waals surface area contributed by atoms with Crippen molar-refractivity contribution in [3.05, 3.63) is 206 Å². The van der Waals surface area contributed by atoms with Gasteiger partial charge in [0.25, 0.3) is 0 Å². The Labute approximate surface area is 323 Å². The highest BCUT2D eigenvalue weighted by Crippen LogP contribution is 2.41. The van der Waals surface area contributed by atoms with Crippen LogP contribution in [0.2, 0.25) is 0 Å². The van der Waals surface area contributed by atoms with Gasteiger partial charge >= 0.3 is 0 Å². The summed E-state index contributed by atoms with van der Waals surface area (Å²) in [5.74, 6) is 0. The van der Waals surface area contributed by atoms with Crippen LogP contribution in [-0.2, 0) is 0 Å². The molecule has 0 fully saturated rings. The number of thiophene rings is 1. The van der Waals surface area contributed by atoms with Crippen molar-refractivity contribution in [1.82, 2.24) is 4.57 Å². The van der Waals surface area contributed by atoms with Crippen LogP contribution in [0.15, 0.2) is 206 Å². The third kappa shape index (κ3) is 5.32. The van der Waals surface area contributed by atoms with Crippen LogP contribution >= 0.6 is 11.3 Å². The molecule has 2 aromatic heterocycles. The summed E-state index contributed by atoms with van der Waals surface area (Å²) in [6.07, 6.45) is 0. The van der Waals surface area contributed by atoms with E-state index in [0.717, 1.165) is 17.1 Å². The average molecular weight is 719 g/mol. The van der Waals surface area contributed by atoms with E-state index in [1.54, 1.807) is 0 Å². The van der Waals surface area contributed by atoms with E-state index in [9.17, 15) is 0 Å². The van der Waals surface area contributed by atoms with Crippen LogP contribution < -0.4 is 4.90 Å². The zero-order valence-corrected chi connectivity index (χ0v) is 30.7. The molecule has 0 saturated carbocycles. The monoisotopic (exact) mass is 718 g/mol. The maximum Gasteiger partial charge on any atom is 0.0541 e. The Balaban J connectivity index is 1.00. The molecule has 0 unspecified atom stereocenters. The van der Waals surface area contributed by atoms with E-state index >= 15 is 0 Å². The van der Waals surface area contributed by atoms with Crippen LogP contribution in [0.4, 0.5) is 17.1 Å². The van der Waals surface area contributed by atoms with Crippen molar-refractivity contribution in [2.45, 2.75) is 0 Å². The molecule has 2 heterocycles. The number of aromatic nitrogens is 1. The summed E-state index contributed by atoms with van der Waals surface area (Å²) in [5.41, 5.74) is 11.7. The number of para-hydroxylation sites is 3. The van der Waals surface area contributed by atoms with Crippen LogP contribution in [0.5, 0.6) is 0 Å². The molecule has 9 aromatic carbocycles. The Morgan fingerprint density at radius 3 is 1.64 bits per heavy atom. The average Bonchev–Trinajstić information content (AvgIpc) is 3.80. The predicted octanol–water partition coefficient (Wildman–Crippen LogP) is 15.1. The second-order valence-corrected chi connectivity index (χ2v) is 15.2. The summed E-state index contributed by atoms with van der Waals surface area (Å²) in [6.45, 7) is 0. The minimum atomic E-state index is 1.10. The van der Waals surface area contributed by atoms with Crippen LogP contribution in [0.25, 0.3) is 80.7 Å². The molecule has 0 bridgehead atoms. The van der Waals surface area contributed by atoms with E-state index in [2.05, 4.69) is 216 Å². The summed E-state index contributed by atoms with van der Waals surface area (Å²) in [7, 11) is 0. The molecule has 0 aliphatic heterocycles. The fraction of sp³-hybridized carbons (Fsp3) is 0. The van der Waals surface area contributed by atoms with Crippen molar-refractivity contribution >= 4 is 81.1 Å². The van der Waals surface area contributed by atoms with Crippen LogP contribution in [-0.4, -0.2) is 4.57 Å². The van der Waals surface area contributed by atoms with Crippen LogP contribution in [0.1, 0.15) is 0 Å². The van der Waals surface area contributed by atoms with Crippen LogP contribution in [0.3, 0.4) is 0 Å². The van der Waals surface area contributed by atoms with E-state index in [-0.39, 0.29) is 0 Å². The molecule has 0 radical (unpaired) electrons. The van der Waals surface area contributed by atoms with E-state index in [1.807, 2.05) is 11.3 Å². The normalized spacial score (nSPS) is 11.6. The van der Waals surface area contributed by atoms with Gasteiger partial charge in [-0.3, -0.25) is 0 Å². The molecule has 11 aromatic rings. The zero-order chi connectivity index (χ0) is 36.3. The number of anilines is 3. The molecule has 0 N–H and O–H groups in total. The van der Waals surface area contributed by atoms with E-state index in [1.165, 1.54) is 80.7 Å². The van der Waals surface area contributed by atoms with Gasteiger partial charge < -0.3 is 9.47 Å². The van der Waals surface area contributed by atoms with Gasteiger partial charge in [0.05, 0.1) is 16.7 Å². The van der Waals surface area contributed by atoms with Crippen LogP contribution in [0, 0.1) is 0 Å². The molecule has 0 atom stereocenters. The Hall–Kier alpha value is -6.94. The van der Waals surface area contributed by atoms with Gasteiger partial charge in [-0.05, 0) is 94.2 Å². The van der Waals surface area contributed by atoms with Crippen molar-refractivity contribution in [2.75, 3.05) is 4.90 Å². The van der Waals surface area contributed by atoms with Crippen molar-refractivity contribution in [3.63, 3.8) is 0 Å². The lowest BCUT2D eigenvalue weighted by atomic mass is 10.0. The summed E-state index contributed by atoms with van der Waals surface area (Å²) >= 11 is 1.86. The van der Waals surface area contributed by atoms with Crippen molar-refractivity contribution in [1.29, 1.82) is 0 Å². The molecule has 55 heavy (non-hydrogen) atoms. The molecule has 0 aliphatic carbocycles. The summed E-state index contributed by atoms with van der Waals surface area (Å²) < 4.78 is 5.06. The minimum absolute atomic E-state index is 1.10. The van der Waals surface area contributed by atoms with Gasteiger partial charge in [0.1, 0.15) is 0 Å². The summed E-state index contributed by atoms with van der Waals surface area (Å²) in [4.78, 5) is 2.37. The smallest absolute Gasteiger partial charge is 0.0541 e. The first-order valence-electron chi connectivity index (χ1n) is 18.8. The highest BCUT2D eigenvalue weighted by Gasteiger charge is 2.17.